The zero-order valence-electron chi connectivity index (χ0n) is 9.17. The summed E-state index contributed by atoms with van der Waals surface area (Å²) in [6, 6.07) is 1.65. The van der Waals surface area contributed by atoms with Crippen LogP contribution in [0.2, 0.25) is 5.15 Å². The van der Waals surface area contributed by atoms with Gasteiger partial charge in [-0.2, -0.15) is 4.98 Å². The van der Waals surface area contributed by atoms with Crippen molar-refractivity contribution in [2.75, 3.05) is 17.6 Å². The van der Waals surface area contributed by atoms with Crippen molar-refractivity contribution < 1.29 is 0 Å². The van der Waals surface area contributed by atoms with Gasteiger partial charge in [0.25, 0.3) is 0 Å². The molecule has 2 heterocycles. The second kappa shape index (κ2) is 5.49. The van der Waals surface area contributed by atoms with Gasteiger partial charge in [-0.25, -0.2) is 9.97 Å². The van der Waals surface area contributed by atoms with E-state index in [-0.39, 0.29) is 5.95 Å². The highest BCUT2D eigenvalue weighted by Gasteiger charge is 1.99. The van der Waals surface area contributed by atoms with Gasteiger partial charge in [-0.3, -0.25) is 0 Å². The van der Waals surface area contributed by atoms with E-state index in [1.165, 1.54) is 0 Å². The van der Waals surface area contributed by atoms with Crippen LogP contribution in [-0.2, 0) is 6.54 Å². The summed E-state index contributed by atoms with van der Waals surface area (Å²) in [5, 5.41) is 3.48. The summed E-state index contributed by atoms with van der Waals surface area (Å²) in [5.41, 5.74) is 5.48. The summed E-state index contributed by atoms with van der Waals surface area (Å²) in [5.74, 6) is 0.822. The molecule has 17 heavy (non-hydrogen) atoms. The van der Waals surface area contributed by atoms with Gasteiger partial charge in [-0.1, -0.05) is 11.6 Å². The smallest absolute Gasteiger partial charge is 0.223 e. The lowest BCUT2D eigenvalue weighted by atomic mass is 10.4. The zero-order chi connectivity index (χ0) is 12.1. The van der Waals surface area contributed by atoms with E-state index in [0.717, 1.165) is 19.5 Å². The lowest BCUT2D eigenvalue weighted by Crippen LogP contribution is -2.08. The van der Waals surface area contributed by atoms with Crippen molar-refractivity contribution in [2.45, 2.75) is 13.0 Å². The molecule has 2 aromatic rings. The molecule has 0 unspecified atom stereocenters. The Kier molecular flexibility index (Phi) is 3.77. The number of aryl methyl sites for hydroxylation is 1. The Labute approximate surface area is 104 Å². The van der Waals surface area contributed by atoms with Gasteiger partial charge in [0.15, 0.2) is 0 Å². The molecule has 0 saturated heterocycles. The standard InChI is InChI=1S/C10H13ClN6/c11-8-6-9(16-10(12)15-8)14-2-1-4-17-5-3-13-7-17/h3,5-7H,1-2,4H2,(H3,12,14,15,16). The van der Waals surface area contributed by atoms with E-state index in [0.29, 0.717) is 11.0 Å². The summed E-state index contributed by atoms with van der Waals surface area (Å²) in [4.78, 5) is 11.8. The number of rotatable bonds is 5. The van der Waals surface area contributed by atoms with Gasteiger partial charge in [0, 0.05) is 31.5 Å². The number of nitrogens with two attached hydrogens (primary N) is 1. The molecular formula is C10H13ClN6. The molecule has 0 amide bonds. The van der Waals surface area contributed by atoms with Crippen molar-refractivity contribution in [3.8, 4) is 0 Å². The van der Waals surface area contributed by atoms with E-state index in [2.05, 4.69) is 20.3 Å². The molecule has 0 bridgehead atoms. The molecular weight excluding hydrogens is 240 g/mol. The fourth-order valence-corrected chi connectivity index (χ4v) is 1.61. The van der Waals surface area contributed by atoms with Crippen molar-refractivity contribution in [1.29, 1.82) is 0 Å². The van der Waals surface area contributed by atoms with Crippen LogP contribution >= 0.6 is 11.6 Å². The SMILES string of the molecule is Nc1nc(Cl)cc(NCCCn2ccnc2)n1. The summed E-state index contributed by atoms with van der Waals surface area (Å²) in [6.07, 6.45) is 6.44. The average molecular weight is 253 g/mol. The van der Waals surface area contributed by atoms with Crippen molar-refractivity contribution in [2.24, 2.45) is 0 Å². The van der Waals surface area contributed by atoms with Crippen molar-refractivity contribution in [3.05, 3.63) is 29.9 Å². The van der Waals surface area contributed by atoms with E-state index in [4.69, 9.17) is 17.3 Å². The van der Waals surface area contributed by atoms with Gasteiger partial charge in [-0.15, -0.1) is 0 Å². The molecule has 0 radical (unpaired) electrons. The Morgan fingerprint density at radius 1 is 1.41 bits per heavy atom. The van der Waals surface area contributed by atoms with Crippen LogP contribution < -0.4 is 11.1 Å². The average Bonchev–Trinajstić information content (AvgIpc) is 2.76. The first-order valence-electron chi connectivity index (χ1n) is 5.24. The summed E-state index contributed by atoms with van der Waals surface area (Å²) < 4.78 is 2.02. The molecule has 2 rings (SSSR count). The van der Waals surface area contributed by atoms with Crippen molar-refractivity contribution >= 4 is 23.4 Å². The molecule has 0 aromatic carbocycles. The minimum absolute atomic E-state index is 0.176. The number of imidazole rings is 1. The second-order valence-corrected chi connectivity index (χ2v) is 3.90. The lowest BCUT2D eigenvalue weighted by molar-refractivity contribution is 0.660. The van der Waals surface area contributed by atoms with E-state index in [1.807, 2.05) is 10.8 Å². The van der Waals surface area contributed by atoms with Gasteiger partial charge in [0.1, 0.15) is 11.0 Å². The first-order chi connectivity index (χ1) is 8.24. The van der Waals surface area contributed by atoms with Crippen LogP contribution in [0.4, 0.5) is 11.8 Å². The molecule has 0 aliphatic carbocycles. The third-order valence-electron chi connectivity index (χ3n) is 2.17. The maximum atomic E-state index is 5.76. The Balaban J connectivity index is 1.78. The monoisotopic (exact) mass is 252 g/mol. The topological polar surface area (TPSA) is 81.6 Å². The Morgan fingerprint density at radius 3 is 3.00 bits per heavy atom. The highest BCUT2D eigenvalue weighted by molar-refractivity contribution is 6.29. The number of halogens is 1. The second-order valence-electron chi connectivity index (χ2n) is 3.51. The molecule has 0 aliphatic rings. The van der Waals surface area contributed by atoms with Crippen LogP contribution in [0.5, 0.6) is 0 Å². The molecule has 7 heteroatoms. The van der Waals surface area contributed by atoms with E-state index < -0.39 is 0 Å². The molecule has 3 N–H and O–H groups in total. The fraction of sp³-hybridized carbons (Fsp3) is 0.300. The predicted octanol–water partition coefficient (Wildman–Crippen LogP) is 1.41. The largest absolute Gasteiger partial charge is 0.370 e. The number of nitrogens with zero attached hydrogens (tertiary/aromatic N) is 4. The van der Waals surface area contributed by atoms with Gasteiger partial charge in [0.2, 0.25) is 5.95 Å². The van der Waals surface area contributed by atoms with Crippen LogP contribution in [0.25, 0.3) is 0 Å². The van der Waals surface area contributed by atoms with Crippen LogP contribution in [0.15, 0.2) is 24.8 Å². The zero-order valence-corrected chi connectivity index (χ0v) is 9.93. The number of aromatic nitrogens is 4. The third-order valence-corrected chi connectivity index (χ3v) is 2.36. The summed E-state index contributed by atoms with van der Waals surface area (Å²) in [6.45, 7) is 1.69. The fourth-order valence-electron chi connectivity index (χ4n) is 1.42. The predicted molar refractivity (Wildman–Crippen MR) is 66.8 cm³/mol. The molecule has 90 valence electrons. The van der Waals surface area contributed by atoms with Crippen LogP contribution in [0.3, 0.4) is 0 Å². The number of nitrogen functional groups attached to an aromatic ring is 1. The lowest BCUT2D eigenvalue weighted by Gasteiger charge is -2.06. The molecule has 0 aliphatic heterocycles. The van der Waals surface area contributed by atoms with Gasteiger partial charge < -0.3 is 15.6 Å². The highest BCUT2D eigenvalue weighted by atomic mass is 35.5. The van der Waals surface area contributed by atoms with Crippen LogP contribution in [0, 0.1) is 0 Å². The Morgan fingerprint density at radius 2 is 2.29 bits per heavy atom. The molecule has 0 fully saturated rings. The van der Waals surface area contributed by atoms with Crippen molar-refractivity contribution in [1.82, 2.24) is 19.5 Å². The quantitative estimate of drug-likeness (QED) is 0.621. The maximum Gasteiger partial charge on any atom is 0.223 e. The first kappa shape index (κ1) is 11.7. The van der Waals surface area contributed by atoms with Gasteiger partial charge >= 0.3 is 0 Å². The number of hydrogen-bond donors (Lipinski definition) is 2. The number of anilines is 2. The Bertz CT molecular complexity index is 449. The van der Waals surface area contributed by atoms with E-state index in [9.17, 15) is 0 Å². The van der Waals surface area contributed by atoms with Gasteiger partial charge in [0.05, 0.1) is 6.33 Å². The number of nitrogens with one attached hydrogen (secondary N) is 1. The van der Waals surface area contributed by atoms with E-state index in [1.54, 1.807) is 18.6 Å². The molecule has 6 nitrogen and oxygen atoms in total. The molecule has 0 spiro atoms. The highest BCUT2D eigenvalue weighted by Crippen LogP contribution is 2.12. The minimum atomic E-state index is 0.176. The molecule has 2 aromatic heterocycles. The molecule has 0 atom stereocenters. The van der Waals surface area contributed by atoms with Crippen LogP contribution in [-0.4, -0.2) is 26.1 Å². The normalized spacial score (nSPS) is 10.4. The Hall–Kier alpha value is -1.82. The van der Waals surface area contributed by atoms with Crippen molar-refractivity contribution in [3.63, 3.8) is 0 Å². The van der Waals surface area contributed by atoms with E-state index >= 15 is 0 Å². The minimum Gasteiger partial charge on any atom is -0.370 e. The van der Waals surface area contributed by atoms with Gasteiger partial charge in [-0.05, 0) is 6.42 Å². The number of hydrogen-bond acceptors (Lipinski definition) is 5. The first-order valence-corrected chi connectivity index (χ1v) is 5.61. The van der Waals surface area contributed by atoms with Crippen LogP contribution in [0.1, 0.15) is 6.42 Å². The maximum absolute atomic E-state index is 5.76. The molecule has 0 saturated carbocycles. The third kappa shape index (κ3) is 3.60. The summed E-state index contributed by atoms with van der Waals surface area (Å²) in [7, 11) is 0. The summed E-state index contributed by atoms with van der Waals surface area (Å²) >= 11 is 5.76.